The van der Waals surface area contributed by atoms with Crippen LogP contribution < -0.4 is 5.32 Å². The number of aliphatic hydroxyl groups is 1. The molecule has 0 bridgehead atoms. The van der Waals surface area contributed by atoms with Crippen LogP contribution in [-0.2, 0) is 0 Å². The standard InChI is InChI=1S/C14H21ClN2O3/c1-9-5-12(11(15)6-13(9)17(19)20)16-8-14(3,4)7-10(2)18/h5-6,10,16,18H,7-8H2,1-4H3. The molecule has 0 spiro atoms. The largest absolute Gasteiger partial charge is 0.393 e. The van der Waals surface area contributed by atoms with Crippen LogP contribution in [0.5, 0.6) is 0 Å². The maximum atomic E-state index is 10.8. The summed E-state index contributed by atoms with van der Waals surface area (Å²) >= 11 is 6.06. The highest BCUT2D eigenvalue weighted by molar-refractivity contribution is 6.33. The Hall–Kier alpha value is -1.33. The van der Waals surface area contributed by atoms with Crippen molar-refractivity contribution in [2.24, 2.45) is 5.41 Å². The summed E-state index contributed by atoms with van der Waals surface area (Å²) < 4.78 is 0. The number of hydrogen-bond donors (Lipinski definition) is 2. The number of nitrogens with zero attached hydrogens (tertiary/aromatic N) is 1. The highest BCUT2D eigenvalue weighted by atomic mass is 35.5. The Labute approximate surface area is 124 Å². The molecule has 0 saturated heterocycles. The lowest BCUT2D eigenvalue weighted by Gasteiger charge is -2.27. The first kappa shape index (κ1) is 16.7. The molecule has 20 heavy (non-hydrogen) atoms. The average molecular weight is 301 g/mol. The molecule has 1 atom stereocenters. The van der Waals surface area contributed by atoms with Crippen LogP contribution in [0.15, 0.2) is 12.1 Å². The summed E-state index contributed by atoms with van der Waals surface area (Å²) in [6, 6.07) is 3.04. The van der Waals surface area contributed by atoms with Crippen LogP contribution in [0.2, 0.25) is 5.02 Å². The zero-order valence-corrected chi connectivity index (χ0v) is 13.0. The van der Waals surface area contributed by atoms with E-state index in [2.05, 4.69) is 5.32 Å². The van der Waals surface area contributed by atoms with E-state index in [-0.39, 0.29) is 17.2 Å². The van der Waals surface area contributed by atoms with Crippen molar-refractivity contribution >= 4 is 23.0 Å². The molecule has 0 amide bonds. The number of aliphatic hydroxyl groups excluding tert-OH is 1. The van der Waals surface area contributed by atoms with E-state index in [9.17, 15) is 15.2 Å². The molecule has 1 aromatic carbocycles. The molecule has 0 aliphatic carbocycles. The number of rotatable bonds is 6. The van der Waals surface area contributed by atoms with Crippen molar-refractivity contribution in [1.29, 1.82) is 0 Å². The molecule has 0 aliphatic rings. The van der Waals surface area contributed by atoms with Gasteiger partial charge in [0.2, 0.25) is 0 Å². The van der Waals surface area contributed by atoms with Gasteiger partial charge in [0.25, 0.3) is 5.69 Å². The van der Waals surface area contributed by atoms with E-state index in [0.29, 0.717) is 29.2 Å². The summed E-state index contributed by atoms with van der Waals surface area (Å²) in [5, 5.41) is 23.8. The summed E-state index contributed by atoms with van der Waals surface area (Å²) in [7, 11) is 0. The zero-order chi connectivity index (χ0) is 15.5. The minimum atomic E-state index is -0.442. The lowest BCUT2D eigenvalue weighted by Crippen LogP contribution is -2.27. The highest BCUT2D eigenvalue weighted by Gasteiger charge is 2.21. The Morgan fingerprint density at radius 2 is 2.10 bits per heavy atom. The van der Waals surface area contributed by atoms with E-state index < -0.39 is 4.92 Å². The molecule has 6 heteroatoms. The van der Waals surface area contributed by atoms with Crippen LogP contribution >= 0.6 is 11.6 Å². The Balaban J connectivity index is 2.84. The van der Waals surface area contributed by atoms with Gasteiger partial charge >= 0.3 is 0 Å². The van der Waals surface area contributed by atoms with Crippen LogP contribution in [0.4, 0.5) is 11.4 Å². The second-order valence-electron chi connectivity index (χ2n) is 5.95. The van der Waals surface area contributed by atoms with Crippen LogP contribution in [-0.4, -0.2) is 22.7 Å². The van der Waals surface area contributed by atoms with Gasteiger partial charge in [0, 0.05) is 18.2 Å². The maximum Gasteiger partial charge on any atom is 0.273 e. The van der Waals surface area contributed by atoms with Crippen molar-refractivity contribution < 1.29 is 10.0 Å². The van der Waals surface area contributed by atoms with E-state index >= 15 is 0 Å². The van der Waals surface area contributed by atoms with Crippen LogP contribution in [0.3, 0.4) is 0 Å². The van der Waals surface area contributed by atoms with Gasteiger partial charge in [0.15, 0.2) is 0 Å². The third-order valence-corrected chi connectivity index (χ3v) is 3.40. The predicted octanol–water partition coefficient (Wildman–Crippen LogP) is 3.77. The van der Waals surface area contributed by atoms with Gasteiger partial charge in [-0.1, -0.05) is 25.4 Å². The van der Waals surface area contributed by atoms with E-state index in [1.54, 1.807) is 19.9 Å². The van der Waals surface area contributed by atoms with E-state index in [4.69, 9.17) is 11.6 Å². The van der Waals surface area contributed by atoms with Crippen molar-refractivity contribution in [2.45, 2.75) is 40.2 Å². The number of halogens is 1. The van der Waals surface area contributed by atoms with Crippen LogP contribution in [0.1, 0.15) is 32.8 Å². The van der Waals surface area contributed by atoms with Gasteiger partial charge in [0.1, 0.15) is 0 Å². The van der Waals surface area contributed by atoms with Crippen molar-refractivity contribution in [3.8, 4) is 0 Å². The van der Waals surface area contributed by atoms with Crippen LogP contribution in [0, 0.1) is 22.5 Å². The normalized spacial score (nSPS) is 13.1. The van der Waals surface area contributed by atoms with Gasteiger partial charge in [0.05, 0.1) is 21.7 Å². The summed E-state index contributed by atoms with van der Waals surface area (Å²) in [6.07, 6.45) is 0.282. The number of nitrogens with one attached hydrogen (secondary N) is 1. The summed E-state index contributed by atoms with van der Waals surface area (Å²) in [4.78, 5) is 10.4. The molecule has 0 aliphatic heterocycles. The molecule has 0 aromatic heterocycles. The van der Waals surface area contributed by atoms with Crippen molar-refractivity contribution in [3.63, 3.8) is 0 Å². The fourth-order valence-corrected chi connectivity index (χ4v) is 2.43. The van der Waals surface area contributed by atoms with Crippen molar-refractivity contribution in [1.82, 2.24) is 0 Å². The van der Waals surface area contributed by atoms with E-state index in [1.165, 1.54) is 6.07 Å². The molecule has 1 aromatic rings. The Morgan fingerprint density at radius 3 is 2.60 bits per heavy atom. The van der Waals surface area contributed by atoms with Gasteiger partial charge in [-0.3, -0.25) is 10.1 Å². The highest BCUT2D eigenvalue weighted by Crippen LogP contribution is 2.31. The van der Waals surface area contributed by atoms with Gasteiger partial charge in [-0.05, 0) is 31.7 Å². The number of nitro groups is 1. The van der Waals surface area contributed by atoms with Crippen molar-refractivity contribution in [3.05, 3.63) is 32.8 Å². The monoisotopic (exact) mass is 300 g/mol. The molecule has 0 saturated carbocycles. The average Bonchev–Trinajstić information content (AvgIpc) is 2.27. The first-order chi connectivity index (χ1) is 9.12. The molecule has 112 valence electrons. The quantitative estimate of drug-likeness (QED) is 0.619. The molecule has 1 unspecified atom stereocenters. The molecule has 0 heterocycles. The van der Waals surface area contributed by atoms with Gasteiger partial charge < -0.3 is 10.4 Å². The number of benzene rings is 1. The van der Waals surface area contributed by atoms with E-state index in [1.807, 2.05) is 13.8 Å². The lowest BCUT2D eigenvalue weighted by atomic mass is 9.87. The fourth-order valence-electron chi connectivity index (χ4n) is 2.21. The van der Waals surface area contributed by atoms with Crippen molar-refractivity contribution in [2.75, 3.05) is 11.9 Å². The number of nitro benzene ring substituents is 1. The molecular formula is C14H21ClN2O3. The number of aryl methyl sites for hydroxylation is 1. The second kappa shape index (κ2) is 6.41. The number of anilines is 1. The Morgan fingerprint density at radius 1 is 1.50 bits per heavy atom. The third kappa shape index (κ3) is 4.65. The SMILES string of the molecule is Cc1cc(NCC(C)(C)CC(C)O)c(Cl)cc1[N+](=O)[O-]. The minimum Gasteiger partial charge on any atom is -0.393 e. The summed E-state index contributed by atoms with van der Waals surface area (Å²) in [6.45, 7) is 8.14. The Kier molecular flexibility index (Phi) is 5.36. The van der Waals surface area contributed by atoms with Crippen LogP contribution in [0.25, 0.3) is 0 Å². The summed E-state index contributed by atoms with van der Waals surface area (Å²) in [5.41, 5.74) is 1.15. The molecule has 0 radical (unpaired) electrons. The molecule has 2 N–H and O–H groups in total. The zero-order valence-electron chi connectivity index (χ0n) is 12.2. The lowest BCUT2D eigenvalue weighted by molar-refractivity contribution is -0.385. The topological polar surface area (TPSA) is 75.4 Å². The second-order valence-corrected chi connectivity index (χ2v) is 6.35. The molecule has 5 nitrogen and oxygen atoms in total. The maximum absolute atomic E-state index is 10.8. The molecule has 1 rings (SSSR count). The first-order valence-electron chi connectivity index (χ1n) is 6.49. The molecular weight excluding hydrogens is 280 g/mol. The predicted molar refractivity (Wildman–Crippen MR) is 81.4 cm³/mol. The minimum absolute atomic E-state index is 0.0174. The Bertz CT molecular complexity index is 501. The number of hydrogen-bond acceptors (Lipinski definition) is 4. The van der Waals surface area contributed by atoms with Gasteiger partial charge in [-0.15, -0.1) is 0 Å². The van der Waals surface area contributed by atoms with Gasteiger partial charge in [-0.25, -0.2) is 0 Å². The summed E-state index contributed by atoms with van der Waals surface area (Å²) in [5.74, 6) is 0. The third-order valence-electron chi connectivity index (χ3n) is 3.09. The smallest absolute Gasteiger partial charge is 0.273 e. The first-order valence-corrected chi connectivity index (χ1v) is 6.86. The van der Waals surface area contributed by atoms with Gasteiger partial charge in [-0.2, -0.15) is 0 Å². The fraction of sp³-hybridized carbons (Fsp3) is 0.571. The molecule has 0 fully saturated rings. The van der Waals surface area contributed by atoms with E-state index in [0.717, 1.165) is 0 Å².